The minimum absolute atomic E-state index is 0.185. The Hall–Kier alpha value is -3.99. The van der Waals surface area contributed by atoms with Gasteiger partial charge in [0.1, 0.15) is 23.1 Å². The van der Waals surface area contributed by atoms with Crippen LogP contribution < -0.4 is 20.1 Å². The van der Waals surface area contributed by atoms with Crippen LogP contribution in [0.4, 0.5) is 11.4 Å². The first-order valence-corrected chi connectivity index (χ1v) is 10.7. The van der Waals surface area contributed by atoms with Crippen molar-refractivity contribution in [1.82, 2.24) is 0 Å². The number of nitriles is 1. The van der Waals surface area contributed by atoms with E-state index >= 15 is 0 Å². The Kier molecular flexibility index (Phi) is 8.52. The Morgan fingerprint density at radius 3 is 2.38 bits per heavy atom. The lowest BCUT2D eigenvalue weighted by molar-refractivity contribution is -0.118. The molecule has 3 rings (SSSR count). The minimum Gasteiger partial charge on any atom is -0.497 e. The van der Waals surface area contributed by atoms with Crippen LogP contribution in [-0.2, 0) is 9.59 Å². The molecule has 0 unspecified atom stereocenters. The molecule has 3 aromatic carbocycles. The highest BCUT2D eigenvalue weighted by Crippen LogP contribution is 2.26. The van der Waals surface area contributed by atoms with Crippen LogP contribution in [0.15, 0.2) is 72.3 Å². The van der Waals surface area contributed by atoms with Crippen molar-refractivity contribution >= 4 is 52.5 Å². The molecule has 2 amide bonds. The van der Waals surface area contributed by atoms with Crippen molar-refractivity contribution < 1.29 is 19.1 Å². The van der Waals surface area contributed by atoms with Gasteiger partial charge in [0.05, 0.1) is 7.11 Å². The molecule has 34 heavy (non-hydrogen) atoms. The second-order valence-corrected chi connectivity index (χ2v) is 7.75. The van der Waals surface area contributed by atoms with E-state index in [2.05, 4.69) is 10.6 Å². The zero-order chi connectivity index (χ0) is 24.5. The van der Waals surface area contributed by atoms with Gasteiger partial charge in [-0.3, -0.25) is 9.59 Å². The van der Waals surface area contributed by atoms with Crippen molar-refractivity contribution in [3.63, 3.8) is 0 Å². The predicted molar refractivity (Wildman–Crippen MR) is 132 cm³/mol. The number of halogens is 2. The normalized spacial score (nSPS) is 10.7. The second kappa shape index (κ2) is 11.8. The van der Waals surface area contributed by atoms with E-state index in [0.29, 0.717) is 32.7 Å². The first-order valence-electron chi connectivity index (χ1n) is 9.93. The van der Waals surface area contributed by atoms with Crippen LogP contribution in [0.2, 0.25) is 10.0 Å². The van der Waals surface area contributed by atoms with Crippen molar-refractivity contribution in [2.75, 3.05) is 24.4 Å². The fourth-order valence-corrected chi connectivity index (χ4v) is 3.22. The van der Waals surface area contributed by atoms with Crippen LogP contribution in [-0.4, -0.2) is 25.5 Å². The third-order valence-corrected chi connectivity index (χ3v) is 4.92. The minimum atomic E-state index is -0.632. The third kappa shape index (κ3) is 7.01. The molecule has 0 fully saturated rings. The molecule has 0 aliphatic heterocycles. The molecule has 0 saturated heterocycles. The van der Waals surface area contributed by atoms with E-state index < -0.39 is 11.8 Å². The Bertz CT molecular complexity index is 1270. The largest absolute Gasteiger partial charge is 0.497 e. The Balaban J connectivity index is 1.72. The maximum Gasteiger partial charge on any atom is 0.266 e. The zero-order valence-corrected chi connectivity index (χ0v) is 19.5. The summed E-state index contributed by atoms with van der Waals surface area (Å²) in [6.07, 6.45) is 1.34. The number of ether oxygens (including phenoxy) is 2. The van der Waals surface area contributed by atoms with Gasteiger partial charge in [0.2, 0.25) is 0 Å². The van der Waals surface area contributed by atoms with Crippen LogP contribution in [0.5, 0.6) is 11.5 Å². The number of hydrogen-bond donors (Lipinski definition) is 2. The van der Waals surface area contributed by atoms with E-state index in [0.717, 1.165) is 0 Å². The molecule has 0 atom stereocenters. The topological polar surface area (TPSA) is 100 Å². The maximum atomic E-state index is 12.6. The van der Waals surface area contributed by atoms with E-state index in [1.807, 2.05) is 6.07 Å². The average Bonchev–Trinajstić information content (AvgIpc) is 2.82. The van der Waals surface area contributed by atoms with Crippen LogP contribution >= 0.6 is 23.2 Å². The highest BCUT2D eigenvalue weighted by atomic mass is 35.5. The SMILES string of the molecule is COc1ccc(NC(=O)COc2ccc(Cl)cc2C=C(C#N)C(=O)Nc2cccc(Cl)c2)cc1. The van der Waals surface area contributed by atoms with Gasteiger partial charge in [-0.15, -0.1) is 0 Å². The van der Waals surface area contributed by atoms with Crippen LogP contribution in [0.3, 0.4) is 0 Å². The molecule has 9 heteroatoms. The highest BCUT2D eigenvalue weighted by Gasteiger charge is 2.13. The molecule has 0 aliphatic rings. The van der Waals surface area contributed by atoms with Gasteiger partial charge in [-0.25, -0.2) is 0 Å². The third-order valence-electron chi connectivity index (χ3n) is 4.45. The van der Waals surface area contributed by atoms with Crippen LogP contribution in [0, 0.1) is 11.3 Å². The van der Waals surface area contributed by atoms with Crippen molar-refractivity contribution in [3.05, 3.63) is 87.9 Å². The Labute approximate surface area is 206 Å². The molecule has 0 radical (unpaired) electrons. The first-order chi connectivity index (χ1) is 16.4. The monoisotopic (exact) mass is 495 g/mol. The summed E-state index contributed by atoms with van der Waals surface area (Å²) in [5.74, 6) is -0.0840. The average molecular weight is 496 g/mol. The van der Waals surface area contributed by atoms with E-state index in [9.17, 15) is 14.9 Å². The molecule has 2 N–H and O–H groups in total. The molecular weight excluding hydrogens is 477 g/mol. The van der Waals surface area contributed by atoms with Crippen LogP contribution in [0.1, 0.15) is 5.56 Å². The number of methoxy groups -OCH3 is 1. The van der Waals surface area contributed by atoms with Crippen molar-refractivity contribution in [3.8, 4) is 17.6 Å². The van der Waals surface area contributed by atoms with E-state index in [-0.39, 0.29) is 17.9 Å². The summed E-state index contributed by atoms with van der Waals surface area (Å²) in [6.45, 7) is -0.300. The molecule has 0 bridgehead atoms. The van der Waals surface area contributed by atoms with E-state index in [1.165, 1.54) is 12.1 Å². The molecule has 0 aromatic heterocycles. The van der Waals surface area contributed by atoms with Crippen molar-refractivity contribution in [2.24, 2.45) is 0 Å². The molecule has 172 valence electrons. The summed E-state index contributed by atoms with van der Waals surface area (Å²) in [7, 11) is 1.55. The molecule has 3 aromatic rings. The summed E-state index contributed by atoms with van der Waals surface area (Å²) in [5.41, 5.74) is 1.20. The lowest BCUT2D eigenvalue weighted by atomic mass is 10.1. The summed E-state index contributed by atoms with van der Waals surface area (Å²) >= 11 is 12.0. The fraction of sp³-hybridized carbons (Fsp3) is 0.0800. The highest BCUT2D eigenvalue weighted by molar-refractivity contribution is 6.31. The van der Waals surface area contributed by atoms with Gasteiger partial charge in [-0.1, -0.05) is 29.3 Å². The van der Waals surface area contributed by atoms with Gasteiger partial charge in [-0.2, -0.15) is 5.26 Å². The number of amides is 2. The summed E-state index contributed by atoms with van der Waals surface area (Å²) in [6, 6.07) is 19.9. The number of carbonyl (C=O) groups is 2. The summed E-state index contributed by atoms with van der Waals surface area (Å²) in [4.78, 5) is 24.9. The molecule has 7 nitrogen and oxygen atoms in total. The fourth-order valence-electron chi connectivity index (χ4n) is 2.85. The van der Waals surface area contributed by atoms with Crippen molar-refractivity contribution in [1.29, 1.82) is 5.26 Å². The number of anilines is 2. The van der Waals surface area contributed by atoms with Crippen LogP contribution in [0.25, 0.3) is 6.08 Å². The molecule has 0 aliphatic carbocycles. The standard InChI is InChI=1S/C25H19Cl2N3O4/c1-33-22-8-6-20(7-9-22)29-24(31)15-34-23-10-5-19(27)12-16(23)11-17(14-28)25(32)30-21-4-2-3-18(26)13-21/h2-13H,15H2,1H3,(H,29,31)(H,30,32). The number of hydrogen-bond acceptors (Lipinski definition) is 5. The molecule has 0 heterocycles. The Morgan fingerprint density at radius 2 is 1.71 bits per heavy atom. The lowest BCUT2D eigenvalue weighted by Gasteiger charge is -2.11. The molecule has 0 saturated carbocycles. The van der Waals surface area contributed by atoms with E-state index in [4.69, 9.17) is 32.7 Å². The summed E-state index contributed by atoms with van der Waals surface area (Å²) < 4.78 is 10.7. The van der Waals surface area contributed by atoms with Gasteiger partial charge < -0.3 is 20.1 Å². The lowest BCUT2D eigenvalue weighted by Crippen LogP contribution is -2.20. The number of carbonyl (C=O) groups excluding carboxylic acids is 2. The number of nitrogens with zero attached hydrogens (tertiary/aromatic N) is 1. The smallest absolute Gasteiger partial charge is 0.266 e. The predicted octanol–water partition coefficient (Wildman–Crippen LogP) is 5.57. The van der Waals surface area contributed by atoms with E-state index in [1.54, 1.807) is 67.8 Å². The van der Waals surface area contributed by atoms with Crippen molar-refractivity contribution in [2.45, 2.75) is 0 Å². The zero-order valence-electron chi connectivity index (χ0n) is 18.0. The molecule has 0 spiro atoms. The van der Waals surface area contributed by atoms with Gasteiger partial charge in [0.25, 0.3) is 11.8 Å². The number of rotatable bonds is 8. The van der Waals surface area contributed by atoms with Gasteiger partial charge in [-0.05, 0) is 66.7 Å². The number of benzene rings is 3. The Morgan fingerprint density at radius 1 is 0.971 bits per heavy atom. The van der Waals surface area contributed by atoms with Gasteiger partial charge in [0.15, 0.2) is 6.61 Å². The van der Waals surface area contributed by atoms with Gasteiger partial charge >= 0.3 is 0 Å². The first kappa shape index (κ1) is 24.6. The molecular formula is C25H19Cl2N3O4. The quantitative estimate of drug-likeness (QED) is 0.314. The van der Waals surface area contributed by atoms with Gasteiger partial charge in [0, 0.05) is 27.0 Å². The number of nitrogens with one attached hydrogen (secondary N) is 2. The summed E-state index contributed by atoms with van der Waals surface area (Å²) in [5, 5.41) is 15.7. The maximum absolute atomic E-state index is 12.6. The second-order valence-electron chi connectivity index (χ2n) is 6.88.